The highest BCUT2D eigenvalue weighted by molar-refractivity contribution is 6.32. The summed E-state index contributed by atoms with van der Waals surface area (Å²) in [5.74, 6) is 1.69. The molecule has 2 aromatic rings. The molecule has 0 saturated heterocycles. The molecule has 0 aliphatic carbocycles. The van der Waals surface area contributed by atoms with E-state index in [9.17, 15) is 0 Å². The fraction of sp³-hybridized carbons (Fsp3) is 0.333. The Morgan fingerprint density at radius 3 is 2.32 bits per heavy atom. The summed E-state index contributed by atoms with van der Waals surface area (Å²) in [7, 11) is 0. The number of hydrogen-bond acceptors (Lipinski definition) is 3. The molecule has 0 aliphatic heterocycles. The maximum Gasteiger partial charge on any atom is 0.122 e. The van der Waals surface area contributed by atoms with Crippen LogP contribution in [-0.2, 0) is 6.42 Å². The lowest BCUT2D eigenvalue weighted by molar-refractivity contribution is 0.216. The summed E-state index contributed by atoms with van der Waals surface area (Å²) < 4.78 is 11.5. The Morgan fingerprint density at radius 1 is 1.00 bits per heavy atom. The number of aryl methyl sites for hydroxylation is 2. The highest BCUT2D eigenvalue weighted by Crippen LogP contribution is 2.26. The third-order valence-corrected chi connectivity index (χ3v) is 4.00. The minimum atomic E-state index is 0.484. The van der Waals surface area contributed by atoms with Crippen molar-refractivity contribution in [2.45, 2.75) is 20.3 Å². The summed E-state index contributed by atoms with van der Waals surface area (Å²) in [4.78, 5) is 0. The number of nitrogens with two attached hydrogens (primary N) is 1. The van der Waals surface area contributed by atoms with Gasteiger partial charge >= 0.3 is 0 Å². The fourth-order valence-corrected chi connectivity index (χ4v) is 2.42. The Kier molecular flexibility index (Phi) is 6.10. The van der Waals surface area contributed by atoms with E-state index in [-0.39, 0.29) is 0 Å². The molecule has 0 bridgehead atoms. The zero-order chi connectivity index (χ0) is 15.9. The van der Waals surface area contributed by atoms with Gasteiger partial charge in [0.15, 0.2) is 0 Å². The summed E-state index contributed by atoms with van der Waals surface area (Å²) in [5.41, 5.74) is 8.78. The van der Waals surface area contributed by atoms with Crippen LogP contribution in [-0.4, -0.2) is 19.8 Å². The van der Waals surface area contributed by atoms with Crippen molar-refractivity contribution in [1.82, 2.24) is 0 Å². The summed E-state index contributed by atoms with van der Waals surface area (Å²) in [6.45, 7) is 5.53. The van der Waals surface area contributed by atoms with E-state index < -0.39 is 0 Å². The van der Waals surface area contributed by atoms with Crippen molar-refractivity contribution in [2.24, 2.45) is 5.73 Å². The maximum atomic E-state index is 6.15. The lowest BCUT2D eigenvalue weighted by atomic mass is 10.1. The van der Waals surface area contributed by atoms with Crippen LogP contribution in [0.3, 0.4) is 0 Å². The van der Waals surface area contributed by atoms with Crippen LogP contribution in [0.2, 0.25) is 5.02 Å². The van der Waals surface area contributed by atoms with E-state index in [2.05, 4.69) is 0 Å². The van der Waals surface area contributed by atoms with E-state index >= 15 is 0 Å². The Hall–Kier alpha value is -1.71. The van der Waals surface area contributed by atoms with Crippen LogP contribution >= 0.6 is 11.6 Å². The molecule has 0 fully saturated rings. The second-order valence-electron chi connectivity index (χ2n) is 5.21. The number of hydrogen-bond donors (Lipinski definition) is 1. The van der Waals surface area contributed by atoms with Crippen molar-refractivity contribution in [3.8, 4) is 11.5 Å². The Labute approximate surface area is 137 Å². The zero-order valence-corrected chi connectivity index (χ0v) is 13.8. The maximum absolute atomic E-state index is 6.15. The summed E-state index contributed by atoms with van der Waals surface area (Å²) in [5, 5.41) is 0.791. The second kappa shape index (κ2) is 8.06. The standard InChI is InChI=1S/C18H22ClNO2/c1-13-11-16(12-14(2)18(13)19)21-9-10-22-17-6-4-3-5-15(17)7-8-20/h3-6,11-12H,7-10,20H2,1-2H3. The van der Waals surface area contributed by atoms with Gasteiger partial charge in [-0.2, -0.15) is 0 Å². The van der Waals surface area contributed by atoms with Crippen LogP contribution in [0.25, 0.3) is 0 Å². The molecule has 0 spiro atoms. The first-order valence-electron chi connectivity index (χ1n) is 7.42. The third-order valence-electron chi connectivity index (χ3n) is 3.41. The average molecular weight is 320 g/mol. The molecule has 2 N–H and O–H groups in total. The van der Waals surface area contributed by atoms with Crippen LogP contribution in [0.5, 0.6) is 11.5 Å². The van der Waals surface area contributed by atoms with Crippen molar-refractivity contribution in [3.63, 3.8) is 0 Å². The molecule has 0 unspecified atom stereocenters. The molecule has 0 atom stereocenters. The third kappa shape index (κ3) is 4.39. The van der Waals surface area contributed by atoms with Gasteiger partial charge in [-0.3, -0.25) is 0 Å². The van der Waals surface area contributed by atoms with Gasteiger partial charge in [-0.1, -0.05) is 29.8 Å². The van der Waals surface area contributed by atoms with Gasteiger partial charge in [0, 0.05) is 5.02 Å². The first-order chi connectivity index (χ1) is 10.6. The number of halogens is 1. The van der Waals surface area contributed by atoms with Gasteiger partial charge < -0.3 is 15.2 Å². The van der Waals surface area contributed by atoms with E-state index in [4.69, 9.17) is 26.8 Å². The molecule has 0 heterocycles. The average Bonchev–Trinajstić information content (AvgIpc) is 2.51. The molecule has 0 amide bonds. The smallest absolute Gasteiger partial charge is 0.122 e. The van der Waals surface area contributed by atoms with Crippen LogP contribution in [0.1, 0.15) is 16.7 Å². The summed E-state index contributed by atoms with van der Waals surface area (Å²) in [6.07, 6.45) is 0.812. The van der Waals surface area contributed by atoms with E-state index in [1.807, 2.05) is 50.2 Å². The molecule has 2 aromatic carbocycles. The largest absolute Gasteiger partial charge is 0.490 e. The molecule has 2 rings (SSSR count). The van der Waals surface area contributed by atoms with Gasteiger partial charge in [0.05, 0.1) is 0 Å². The van der Waals surface area contributed by atoms with E-state index in [1.54, 1.807) is 0 Å². The van der Waals surface area contributed by atoms with Gasteiger partial charge in [-0.15, -0.1) is 0 Å². The minimum Gasteiger partial charge on any atom is -0.490 e. The molecular weight excluding hydrogens is 298 g/mol. The normalized spacial score (nSPS) is 10.5. The van der Waals surface area contributed by atoms with Gasteiger partial charge in [-0.05, 0) is 61.7 Å². The predicted octanol–water partition coefficient (Wildman–Crippen LogP) is 3.92. The molecule has 0 saturated carbocycles. The zero-order valence-electron chi connectivity index (χ0n) is 13.1. The number of para-hydroxylation sites is 1. The lowest BCUT2D eigenvalue weighted by Crippen LogP contribution is -2.11. The monoisotopic (exact) mass is 319 g/mol. The topological polar surface area (TPSA) is 44.5 Å². The van der Waals surface area contributed by atoms with Crippen molar-refractivity contribution in [2.75, 3.05) is 19.8 Å². The highest BCUT2D eigenvalue weighted by Gasteiger charge is 2.05. The molecule has 4 heteroatoms. The number of ether oxygens (including phenoxy) is 2. The molecule has 0 aliphatic rings. The van der Waals surface area contributed by atoms with Crippen LogP contribution < -0.4 is 15.2 Å². The Morgan fingerprint density at radius 2 is 1.64 bits per heavy atom. The van der Waals surface area contributed by atoms with Crippen molar-refractivity contribution in [3.05, 3.63) is 58.1 Å². The quantitative estimate of drug-likeness (QED) is 0.787. The van der Waals surface area contributed by atoms with E-state index in [0.717, 1.165) is 39.6 Å². The molecular formula is C18H22ClNO2. The lowest BCUT2D eigenvalue weighted by Gasteiger charge is -2.13. The summed E-state index contributed by atoms with van der Waals surface area (Å²) in [6, 6.07) is 11.8. The molecule has 118 valence electrons. The van der Waals surface area contributed by atoms with Gasteiger partial charge in [-0.25, -0.2) is 0 Å². The number of benzene rings is 2. The van der Waals surface area contributed by atoms with Crippen molar-refractivity contribution >= 4 is 11.6 Å². The number of rotatable bonds is 7. The van der Waals surface area contributed by atoms with E-state index in [0.29, 0.717) is 19.8 Å². The summed E-state index contributed by atoms with van der Waals surface area (Å²) >= 11 is 6.15. The Balaban J connectivity index is 1.87. The highest BCUT2D eigenvalue weighted by atomic mass is 35.5. The minimum absolute atomic E-state index is 0.484. The van der Waals surface area contributed by atoms with Crippen LogP contribution in [0.4, 0.5) is 0 Å². The van der Waals surface area contributed by atoms with Crippen LogP contribution in [0.15, 0.2) is 36.4 Å². The molecule has 3 nitrogen and oxygen atoms in total. The predicted molar refractivity (Wildman–Crippen MR) is 91.1 cm³/mol. The Bertz CT molecular complexity index is 605. The van der Waals surface area contributed by atoms with Gasteiger partial charge in [0.1, 0.15) is 24.7 Å². The molecule has 22 heavy (non-hydrogen) atoms. The van der Waals surface area contributed by atoms with Gasteiger partial charge in [0.25, 0.3) is 0 Å². The van der Waals surface area contributed by atoms with Crippen molar-refractivity contribution < 1.29 is 9.47 Å². The van der Waals surface area contributed by atoms with E-state index in [1.165, 1.54) is 0 Å². The SMILES string of the molecule is Cc1cc(OCCOc2ccccc2CCN)cc(C)c1Cl. The molecule has 0 radical (unpaired) electrons. The second-order valence-corrected chi connectivity index (χ2v) is 5.59. The van der Waals surface area contributed by atoms with Crippen LogP contribution in [0, 0.1) is 13.8 Å². The van der Waals surface area contributed by atoms with Crippen molar-refractivity contribution in [1.29, 1.82) is 0 Å². The van der Waals surface area contributed by atoms with Gasteiger partial charge in [0.2, 0.25) is 0 Å². The first-order valence-corrected chi connectivity index (χ1v) is 7.80. The fourth-order valence-electron chi connectivity index (χ4n) is 2.31. The molecule has 0 aromatic heterocycles. The first kappa shape index (κ1) is 16.7.